The van der Waals surface area contributed by atoms with Crippen LogP contribution in [0.25, 0.3) is 0 Å². The lowest BCUT2D eigenvalue weighted by atomic mass is 10.1. The normalized spacial score (nSPS) is 12.5. The third-order valence-electron chi connectivity index (χ3n) is 3.94. The number of halogens is 1. The van der Waals surface area contributed by atoms with Gasteiger partial charge in [0.25, 0.3) is 5.91 Å². The van der Waals surface area contributed by atoms with Gasteiger partial charge in [0.15, 0.2) is 16.4 Å². The van der Waals surface area contributed by atoms with Gasteiger partial charge in [-0.15, -0.1) is 0 Å². The highest BCUT2D eigenvalue weighted by Crippen LogP contribution is 2.21. The van der Waals surface area contributed by atoms with E-state index in [0.717, 1.165) is 11.8 Å². The molecule has 2 aromatic carbocycles. The van der Waals surface area contributed by atoms with Crippen LogP contribution in [0.2, 0.25) is 5.02 Å². The number of benzene rings is 2. The monoisotopic (exact) mass is 381 g/mol. The Kier molecular flexibility index (Phi) is 6.08. The van der Waals surface area contributed by atoms with Crippen molar-refractivity contribution in [3.63, 3.8) is 0 Å². The van der Waals surface area contributed by atoms with Crippen LogP contribution in [-0.2, 0) is 14.6 Å². The van der Waals surface area contributed by atoms with Gasteiger partial charge in [0, 0.05) is 18.3 Å². The van der Waals surface area contributed by atoms with Gasteiger partial charge < -0.3 is 9.64 Å². The standard InChI is InChI=1S/C18H20ClNO4S/c1-13(14-4-10-17(11-5-14)25(3,22)23)20(2)18(21)12-24-16-8-6-15(19)7-9-16/h4-11,13H,12H2,1-3H3. The summed E-state index contributed by atoms with van der Waals surface area (Å²) in [4.78, 5) is 14.1. The predicted octanol–water partition coefficient (Wildman–Crippen LogP) is 3.34. The molecule has 0 saturated carbocycles. The number of rotatable bonds is 6. The second-order valence-electron chi connectivity index (χ2n) is 5.76. The number of hydrogen-bond acceptors (Lipinski definition) is 4. The van der Waals surface area contributed by atoms with E-state index in [2.05, 4.69) is 0 Å². The van der Waals surface area contributed by atoms with Crippen LogP contribution in [0, 0.1) is 0 Å². The average molecular weight is 382 g/mol. The van der Waals surface area contributed by atoms with Crippen molar-refractivity contribution < 1.29 is 17.9 Å². The molecule has 1 amide bonds. The van der Waals surface area contributed by atoms with E-state index in [1.807, 2.05) is 6.92 Å². The molecule has 2 rings (SSSR count). The summed E-state index contributed by atoms with van der Waals surface area (Å²) in [5, 5.41) is 0.599. The fourth-order valence-electron chi connectivity index (χ4n) is 2.21. The number of carbonyl (C=O) groups excluding carboxylic acids is 1. The molecular weight excluding hydrogens is 362 g/mol. The Morgan fingerprint density at radius 3 is 2.20 bits per heavy atom. The summed E-state index contributed by atoms with van der Waals surface area (Å²) < 4.78 is 28.5. The van der Waals surface area contributed by atoms with Crippen LogP contribution >= 0.6 is 11.6 Å². The van der Waals surface area contributed by atoms with Crippen molar-refractivity contribution in [2.75, 3.05) is 19.9 Å². The lowest BCUT2D eigenvalue weighted by Gasteiger charge is -2.25. The van der Waals surface area contributed by atoms with Crippen LogP contribution in [0.3, 0.4) is 0 Å². The molecule has 0 aliphatic rings. The summed E-state index contributed by atoms with van der Waals surface area (Å²) in [6.45, 7) is 1.78. The fraction of sp³-hybridized carbons (Fsp3) is 0.278. The summed E-state index contributed by atoms with van der Waals surface area (Å²) in [5.41, 5.74) is 0.842. The molecule has 1 atom stereocenters. The number of carbonyl (C=O) groups is 1. The first-order valence-electron chi connectivity index (χ1n) is 7.62. The Balaban J connectivity index is 1.99. The topological polar surface area (TPSA) is 63.7 Å². The molecule has 7 heteroatoms. The van der Waals surface area contributed by atoms with Crippen molar-refractivity contribution in [3.8, 4) is 5.75 Å². The minimum Gasteiger partial charge on any atom is -0.484 e. The lowest BCUT2D eigenvalue weighted by molar-refractivity contribution is -0.134. The Bertz CT molecular complexity index is 832. The first-order chi connectivity index (χ1) is 11.7. The lowest BCUT2D eigenvalue weighted by Crippen LogP contribution is -2.33. The van der Waals surface area contributed by atoms with Crippen LogP contribution in [-0.4, -0.2) is 39.1 Å². The van der Waals surface area contributed by atoms with Gasteiger partial charge in [0.05, 0.1) is 10.9 Å². The predicted molar refractivity (Wildman–Crippen MR) is 97.7 cm³/mol. The minimum absolute atomic E-state index is 0.0934. The number of ether oxygens (including phenoxy) is 1. The van der Waals surface area contributed by atoms with E-state index in [1.54, 1.807) is 60.5 Å². The molecule has 0 spiro atoms. The largest absolute Gasteiger partial charge is 0.484 e. The number of likely N-dealkylation sites (N-methyl/N-ethyl adjacent to an activating group) is 1. The number of hydrogen-bond donors (Lipinski definition) is 0. The number of amides is 1. The Morgan fingerprint density at radius 1 is 1.12 bits per heavy atom. The van der Waals surface area contributed by atoms with Gasteiger partial charge in [-0.25, -0.2) is 8.42 Å². The molecule has 134 valence electrons. The quantitative estimate of drug-likeness (QED) is 0.769. The molecule has 0 N–H and O–H groups in total. The first kappa shape index (κ1) is 19.3. The zero-order valence-electron chi connectivity index (χ0n) is 14.3. The maximum atomic E-state index is 12.3. The van der Waals surface area contributed by atoms with E-state index in [9.17, 15) is 13.2 Å². The van der Waals surface area contributed by atoms with E-state index in [1.165, 1.54) is 0 Å². The Hall–Kier alpha value is -2.05. The zero-order chi connectivity index (χ0) is 18.6. The van der Waals surface area contributed by atoms with E-state index < -0.39 is 9.84 Å². The van der Waals surface area contributed by atoms with Gasteiger partial charge in [-0.1, -0.05) is 23.7 Å². The van der Waals surface area contributed by atoms with Crippen molar-refractivity contribution in [3.05, 3.63) is 59.1 Å². The van der Waals surface area contributed by atoms with E-state index in [4.69, 9.17) is 16.3 Å². The van der Waals surface area contributed by atoms with Crippen LogP contribution in [0.15, 0.2) is 53.4 Å². The molecule has 5 nitrogen and oxygen atoms in total. The zero-order valence-corrected chi connectivity index (χ0v) is 15.8. The molecular formula is C18H20ClNO4S. The highest BCUT2D eigenvalue weighted by atomic mass is 35.5. The van der Waals surface area contributed by atoms with E-state index >= 15 is 0 Å². The first-order valence-corrected chi connectivity index (χ1v) is 9.89. The Morgan fingerprint density at radius 2 is 1.68 bits per heavy atom. The van der Waals surface area contributed by atoms with Crippen molar-refractivity contribution >= 4 is 27.3 Å². The third kappa shape index (κ3) is 5.21. The van der Waals surface area contributed by atoms with Crippen LogP contribution in [0.4, 0.5) is 0 Å². The van der Waals surface area contributed by atoms with Crippen LogP contribution < -0.4 is 4.74 Å². The molecule has 25 heavy (non-hydrogen) atoms. The second-order valence-corrected chi connectivity index (χ2v) is 8.22. The summed E-state index contributed by atoms with van der Waals surface area (Å²) in [6, 6.07) is 13.1. The van der Waals surface area contributed by atoms with E-state index in [-0.39, 0.29) is 23.5 Å². The molecule has 2 aromatic rings. The summed E-state index contributed by atoms with van der Waals surface area (Å²) in [6.07, 6.45) is 1.16. The second kappa shape index (κ2) is 7.89. The van der Waals surface area contributed by atoms with Crippen molar-refractivity contribution in [2.24, 2.45) is 0 Å². The number of sulfone groups is 1. The van der Waals surface area contributed by atoms with Gasteiger partial charge in [-0.3, -0.25) is 4.79 Å². The molecule has 0 radical (unpaired) electrons. The molecule has 0 aliphatic carbocycles. The SMILES string of the molecule is CC(c1ccc(S(C)(=O)=O)cc1)N(C)C(=O)COc1ccc(Cl)cc1. The van der Waals surface area contributed by atoms with Gasteiger partial charge in [-0.05, 0) is 48.9 Å². The fourth-order valence-corrected chi connectivity index (χ4v) is 2.97. The molecule has 0 aromatic heterocycles. The minimum atomic E-state index is -3.23. The van der Waals surface area contributed by atoms with Crippen LogP contribution in [0.5, 0.6) is 5.75 Å². The van der Waals surface area contributed by atoms with E-state index in [0.29, 0.717) is 10.8 Å². The maximum absolute atomic E-state index is 12.3. The third-order valence-corrected chi connectivity index (χ3v) is 5.32. The Labute approximate surface area is 153 Å². The smallest absolute Gasteiger partial charge is 0.260 e. The van der Waals surface area contributed by atoms with Gasteiger partial charge in [0.2, 0.25) is 0 Å². The van der Waals surface area contributed by atoms with Gasteiger partial charge >= 0.3 is 0 Å². The van der Waals surface area contributed by atoms with Gasteiger partial charge in [-0.2, -0.15) is 0 Å². The molecule has 0 fully saturated rings. The highest BCUT2D eigenvalue weighted by molar-refractivity contribution is 7.90. The highest BCUT2D eigenvalue weighted by Gasteiger charge is 2.18. The average Bonchev–Trinajstić information content (AvgIpc) is 2.59. The van der Waals surface area contributed by atoms with Gasteiger partial charge in [0.1, 0.15) is 5.75 Å². The molecule has 0 bridgehead atoms. The summed E-state index contributed by atoms with van der Waals surface area (Å²) >= 11 is 5.81. The molecule has 1 unspecified atom stereocenters. The molecule has 0 saturated heterocycles. The van der Waals surface area contributed by atoms with Crippen LogP contribution in [0.1, 0.15) is 18.5 Å². The number of nitrogens with zero attached hydrogens (tertiary/aromatic N) is 1. The maximum Gasteiger partial charge on any atom is 0.260 e. The molecule has 0 heterocycles. The van der Waals surface area contributed by atoms with Crippen molar-refractivity contribution in [2.45, 2.75) is 17.9 Å². The van der Waals surface area contributed by atoms with Crippen molar-refractivity contribution in [1.82, 2.24) is 4.90 Å². The summed E-state index contributed by atoms with van der Waals surface area (Å²) in [7, 11) is -1.55. The summed E-state index contributed by atoms with van der Waals surface area (Å²) in [5.74, 6) is 0.381. The molecule has 0 aliphatic heterocycles. The van der Waals surface area contributed by atoms with Crippen molar-refractivity contribution in [1.29, 1.82) is 0 Å².